The molecule has 1 amide bonds. The normalized spacial score (nSPS) is 15.9. The lowest BCUT2D eigenvalue weighted by Crippen LogP contribution is -2.25. The highest BCUT2D eigenvalue weighted by Crippen LogP contribution is 2.32. The van der Waals surface area contributed by atoms with E-state index in [0.717, 1.165) is 37.7 Å². The Bertz CT molecular complexity index is 451. The molecule has 0 spiro atoms. The maximum Gasteiger partial charge on any atom is 0.263 e. The number of nitrogens with two attached hydrogens (primary N) is 1. The maximum atomic E-state index is 11.9. The molecule has 104 valence electrons. The fraction of sp³-hybridized carbons (Fsp3) is 0.462. The van der Waals surface area contributed by atoms with Crippen molar-refractivity contribution in [1.82, 2.24) is 5.32 Å². The van der Waals surface area contributed by atoms with Gasteiger partial charge in [0.2, 0.25) is 0 Å². The molecule has 1 aliphatic heterocycles. The SMILES string of the molecule is C=CCNC(=O)c1sc(N2CCCOCC2)cc1N. The van der Waals surface area contributed by atoms with Crippen LogP contribution in [0, 0.1) is 0 Å². The van der Waals surface area contributed by atoms with E-state index < -0.39 is 0 Å². The van der Waals surface area contributed by atoms with Crippen LogP contribution in [0.1, 0.15) is 16.1 Å². The summed E-state index contributed by atoms with van der Waals surface area (Å²) in [6.07, 6.45) is 2.64. The van der Waals surface area contributed by atoms with Crippen LogP contribution in [-0.4, -0.2) is 38.8 Å². The highest BCUT2D eigenvalue weighted by atomic mass is 32.1. The summed E-state index contributed by atoms with van der Waals surface area (Å²) in [7, 11) is 0. The molecular formula is C13H19N3O2S. The standard InChI is InChI=1S/C13H19N3O2S/c1-2-4-15-13(17)12-10(14)9-11(19-12)16-5-3-7-18-8-6-16/h2,9H,1,3-8,14H2,(H,15,17). The molecular weight excluding hydrogens is 262 g/mol. The van der Waals surface area contributed by atoms with Crippen LogP contribution >= 0.6 is 11.3 Å². The summed E-state index contributed by atoms with van der Waals surface area (Å²) in [6, 6.07) is 1.87. The van der Waals surface area contributed by atoms with Gasteiger partial charge >= 0.3 is 0 Å². The molecule has 1 saturated heterocycles. The molecule has 2 rings (SSSR count). The smallest absolute Gasteiger partial charge is 0.263 e. The number of rotatable bonds is 4. The Kier molecular flexibility index (Phi) is 4.81. The number of carbonyl (C=O) groups is 1. The van der Waals surface area contributed by atoms with E-state index >= 15 is 0 Å². The van der Waals surface area contributed by atoms with Crippen molar-refractivity contribution < 1.29 is 9.53 Å². The highest BCUT2D eigenvalue weighted by molar-refractivity contribution is 7.18. The van der Waals surface area contributed by atoms with Gasteiger partial charge in [0.05, 0.1) is 17.3 Å². The number of thiophene rings is 1. The van der Waals surface area contributed by atoms with Crippen LogP contribution in [-0.2, 0) is 4.74 Å². The lowest BCUT2D eigenvalue weighted by molar-refractivity contribution is 0.0963. The van der Waals surface area contributed by atoms with Gasteiger partial charge in [0.25, 0.3) is 5.91 Å². The summed E-state index contributed by atoms with van der Waals surface area (Å²) in [4.78, 5) is 14.7. The minimum Gasteiger partial charge on any atom is -0.397 e. The predicted octanol–water partition coefficient (Wildman–Crippen LogP) is 1.47. The van der Waals surface area contributed by atoms with Crippen LogP contribution in [0.25, 0.3) is 0 Å². The van der Waals surface area contributed by atoms with Crippen molar-refractivity contribution in [1.29, 1.82) is 0 Å². The van der Waals surface area contributed by atoms with Crippen LogP contribution < -0.4 is 16.0 Å². The van der Waals surface area contributed by atoms with Crippen LogP contribution in [0.15, 0.2) is 18.7 Å². The molecule has 19 heavy (non-hydrogen) atoms. The Morgan fingerprint density at radius 3 is 3.21 bits per heavy atom. The monoisotopic (exact) mass is 281 g/mol. The highest BCUT2D eigenvalue weighted by Gasteiger charge is 2.18. The molecule has 0 aromatic carbocycles. The van der Waals surface area contributed by atoms with Crippen molar-refractivity contribution in [3.05, 3.63) is 23.6 Å². The fourth-order valence-electron chi connectivity index (χ4n) is 1.94. The molecule has 6 heteroatoms. The Balaban J connectivity index is 2.10. The van der Waals surface area contributed by atoms with Gasteiger partial charge < -0.3 is 20.7 Å². The Hall–Kier alpha value is -1.53. The van der Waals surface area contributed by atoms with E-state index in [4.69, 9.17) is 10.5 Å². The zero-order valence-corrected chi connectivity index (χ0v) is 11.7. The topological polar surface area (TPSA) is 67.6 Å². The lowest BCUT2D eigenvalue weighted by atomic mass is 10.3. The van der Waals surface area contributed by atoms with Crippen molar-refractivity contribution in [2.45, 2.75) is 6.42 Å². The van der Waals surface area contributed by atoms with E-state index in [-0.39, 0.29) is 5.91 Å². The number of anilines is 2. The first kappa shape index (κ1) is 13.9. The van der Waals surface area contributed by atoms with Gasteiger partial charge in [-0.2, -0.15) is 0 Å². The number of amides is 1. The molecule has 0 radical (unpaired) electrons. The summed E-state index contributed by atoms with van der Waals surface area (Å²) < 4.78 is 5.43. The number of hydrogen-bond donors (Lipinski definition) is 2. The number of ether oxygens (including phenoxy) is 1. The van der Waals surface area contributed by atoms with Crippen LogP contribution in [0.2, 0.25) is 0 Å². The summed E-state index contributed by atoms with van der Waals surface area (Å²) in [5.41, 5.74) is 6.46. The van der Waals surface area contributed by atoms with E-state index in [9.17, 15) is 4.79 Å². The van der Waals surface area contributed by atoms with Crippen molar-refractivity contribution >= 4 is 27.9 Å². The maximum absolute atomic E-state index is 11.9. The molecule has 0 aliphatic carbocycles. The number of nitrogens with one attached hydrogen (secondary N) is 1. The Morgan fingerprint density at radius 1 is 1.58 bits per heavy atom. The summed E-state index contributed by atoms with van der Waals surface area (Å²) >= 11 is 1.43. The van der Waals surface area contributed by atoms with Crippen LogP contribution in [0.4, 0.5) is 10.7 Å². The van der Waals surface area contributed by atoms with Crippen LogP contribution in [0.5, 0.6) is 0 Å². The quantitative estimate of drug-likeness (QED) is 0.820. The Labute approximate surface area is 117 Å². The number of carbonyl (C=O) groups excluding carboxylic acids is 1. The Morgan fingerprint density at radius 2 is 2.42 bits per heavy atom. The molecule has 2 heterocycles. The first-order valence-electron chi connectivity index (χ1n) is 6.33. The van der Waals surface area contributed by atoms with Crippen LogP contribution in [0.3, 0.4) is 0 Å². The van der Waals surface area contributed by atoms with E-state index in [0.29, 0.717) is 17.1 Å². The van der Waals surface area contributed by atoms with Gasteiger partial charge in [0.15, 0.2) is 0 Å². The first-order valence-corrected chi connectivity index (χ1v) is 7.15. The second-order valence-corrected chi connectivity index (χ2v) is 5.35. The largest absolute Gasteiger partial charge is 0.397 e. The number of hydrogen-bond acceptors (Lipinski definition) is 5. The number of nitrogen functional groups attached to an aromatic ring is 1. The fourth-order valence-corrected chi connectivity index (χ4v) is 2.98. The minimum atomic E-state index is -0.139. The third-order valence-electron chi connectivity index (χ3n) is 2.89. The first-order chi connectivity index (χ1) is 9.22. The predicted molar refractivity (Wildman–Crippen MR) is 78.9 cm³/mol. The third-order valence-corrected chi connectivity index (χ3v) is 4.11. The van der Waals surface area contributed by atoms with Gasteiger partial charge in [-0.1, -0.05) is 6.08 Å². The van der Waals surface area contributed by atoms with Gasteiger partial charge in [-0.3, -0.25) is 4.79 Å². The van der Waals surface area contributed by atoms with Crippen molar-refractivity contribution in [3.8, 4) is 0 Å². The molecule has 0 bridgehead atoms. The van der Waals surface area contributed by atoms with E-state index in [1.54, 1.807) is 6.08 Å². The van der Waals surface area contributed by atoms with Crippen molar-refractivity contribution in [3.63, 3.8) is 0 Å². The molecule has 1 aromatic rings. The zero-order valence-electron chi connectivity index (χ0n) is 10.9. The molecule has 5 nitrogen and oxygen atoms in total. The molecule has 0 unspecified atom stereocenters. The van der Waals surface area contributed by atoms with Gasteiger partial charge in [-0.25, -0.2) is 0 Å². The van der Waals surface area contributed by atoms with Crippen molar-refractivity contribution in [2.75, 3.05) is 43.5 Å². The van der Waals surface area contributed by atoms with Gasteiger partial charge in [-0.15, -0.1) is 17.9 Å². The minimum absolute atomic E-state index is 0.139. The average molecular weight is 281 g/mol. The second-order valence-electron chi connectivity index (χ2n) is 4.32. The van der Waals surface area contributed by atoms with Crippen molar-refractivity contribution in [2.24, 2.45) is 0 Å². The summed E-state index contributed by atoms with van der Waals surface area (Å²) in [6.45, 7) is 7.31. The van der Waals surface area contributed by atoms with Gasteiger partial charge in [0.1, 0.15) is 4.88 Å². The average Bonchev–Trinajstić information content (AvgIpc) is 2.65. The lowest BCUT2D eigenvalue weighted by Gasteiger charge is -2.19. The van der Waals surface area contributed by atoms with E-state index in [1.807, 2.05) is 6.07 Å². The second kappa shape index (κ2) is 6.58. The van der Waals surface area contributed by atoms with E-state index in [2.05, 4.69) is 16.8 Å². The third kappa shape index (κ3) is 3.48. The number of nitrogens with zero attached hydrogens (tertiary/aromatic N) is 1. The van der Waals surface area contributed by atoms with Gasteiger partial charge in [-0.05, 0) is 12.5 Å². The molecule has 0 saturated carbocycles. The molecule has 0 atom stereocenters. The van der Waals surface area contributed by atoms with Gasteiger partial charge in [0, 0.05) is 26.2 Å². The molecule has 1 aromatic heterocycles. The molecule has 1 aliphatic rings. The summed E-state index contributed by atoms with van der Waals surface area (Å²) in [5.74, 6) is -0.139. The molecule has 3 N–H and O–H groups in total. The summed E-state index contributed by atoms with van der Waals surface area (Å²) in [5, 5.41) is 3.78. The van der Waals surface area contributed by atoms with E-state index in [1.165, 1.54) is 11.3 Å². The molecule has 1 fully saturated rings. The zero-order chi connectivity index (χ0) is 13.7.